The van der Waals surface area contributed by atoms with Crippen molar-refractivity contribution in [1.29, 1.82) is 0 Å². The zero-order valence-corrected chi connectivity index (χ0v) is 13.3. The monoisotopic (exact) mass is 320 g/mol. The molecule has 0 spiro atoms. The highest BCUT2D eigenvalue weighted by atomic mass is 35.5. The molecule has 0 bridgehead atoms. The number of ether oxygens (including phenoxy) is 1. The van der Waals surface area contributed by atoms with Crippen molar-refractivity contribution in [1.82, 2.24) is 4.72 Å². The van der Waals surface area contributed by atoms with E-state index in [1.165, 1.54) is 19.2 Å². The molecule has 0 aliphatic carbocycles. The van der Waals surface area contributed by atoms with Crippen LogP contribution in [0.1, 0.15) is 26.2 Å². The zero-order chi connectivity index (χ0) is 15.2. The molecule has 0 fully saturated rings. The molecule has 0 aliphatic rings. The van der Waals surface area contributed by atoms with Gasteiger partial charge in [-0.3, -0.25) is 0 Å². The van der Waals surface area contributed by atoms with E-state index in [4.69, 9.17) is 22.1 Å². The zero-order valence-electron chi connectivity index (χ0n) is 11.7. The van der Waals surface area contributed by atoms with Gasteiger partial charge in [-0.05, 0) is 24.6 Å². The summed E-state index contributed by atoms with van der Waals surface area (Å²) in [6.07, 6.45) is 2.60. The van der Waals surface area contributed by atoms with Crippen LogP contribution in [0.2, 0.25) is 5.02 Å². The molecule has 20 heavy (non-hydrogen) atoms. The molecular weight excluding hydrogens is 300 g/mol. The summed E-state index contributed by atoms with van der Waals surface area (Å²) in [6, 6.07) is 4.19. The minimum atomic E-state index is -3.71. The molecular formula is C13H21ClN2O3S. The second-order valence-electron chi connectivity index (χ2n) is 4.49. The number of benzene rings is 1. The number of nitrogens with one attached hydrogen (secondary N) is 1. The lowest BCUT2D eigenvalue weighted by Gasteiger charge is -2.18. The third-order valence-electron chi connectivity index (χ3n) is 2.93. The maximum Gasteiger partial charge on any atom is 0.244 e. The van der Waals surface area contributed by atoms with Crippen LogP contribution in [-0.4, -0.2) is 28.1 Å². The van der Waals surface area contributed by atoms with Crippen molar-refractivity contribution in [3.05, 3.63) is 23.2 Å². The number of sulfonamides is 1. The van der Waals surface area contributed by atoms with E-state index in [9.17, 15) is 8.42 Å². The quantitative estimate of drug-likeness (QED) is 0.769. The van der Waals surface area contributed by atoms with E-state index in [-0.39, 0.29) is 23.2 Å². The number of hydrogen-bond acceptors (Lipinski definition) is 4. The van der Waals surface area contributed by atoms with Gasteiger partial charge in [0.25, 0.3) is 0 Å². The molecule has 1 unspecified atom stereocenters. The summed E-state index contributed by atoms with van der Waals surface area (Å²) < 4.78 is 32.5. The number of methoxy groups -OCH3 is 1. The summed E-state index contributed by atoms with van der Waals surface area (Å²) in [5.74, 6) is 0.258. The molecule has 0 amide bonds. The second kappa shape index (κ2) is 7.83. The van der Waals surface area contributed by atoms with Gasteiger partial charge in [0.1, 0.15) is 10.6 Å². The minimum Gasteiger partial charge on any atom is -0.495 e. The lowest BCUT2D eigenvalue weighted by Crippen LogP contribution is -2.40. The van der Waals surface area contributed by atoms with Crippen molar-refractivity contribution < 1.29 is 13.2 Å². The first-order chi connectivity index (χ1) is 9.44. The molecule has 5 nitrogen and oxygen atoms in total. The molecule has 1 aromatic carbocycles. The maximum absolute atomic E-state index is 12.4. The van der Waals surface area contributed by atoms with Gasteiger partial charge in [0.2, 0.25) is 10.0 Å². The summed E-state index contributed by atoms with van der Waals surface area (Å²) in [6.45, 7) is 2.30. The van der Waals surface area contributed by atoms with Gasteiger partial charge in [-0.1, -0.05) is 31.4 Å². The molecule has 0 radical (unpaired) electrons. The van der Waals surface area contributed by atoms with Crippen molar-refractivity contribution in [2.24, 2.45) is 5.73 Å². The molecule has 1 rings (SSSR count). The molecule has 0 aliphatic heterocycles. The number of nitrogens with two attached hydrogens (primary N) is 1. The largest absolute Gasteiger partial charge is 0.495 e. The van der Waals surface area contributed by atoms with Crippen molar-refractivity contribution in [2.75, 3.05) is 13.7 Å². The van der Waals surface area contributed by atoms with E-state index in [2.05, 4.69) is 4.72 Å². The fourth-order valence-electron chi connectivity index (χ4n) is 1.82. The van der Waals surface area contributed by atoms with Gasteiger partial charge in [0.05, 0.1) is 7.11 Å². The predicted molar refractivity (Wildman–Crippen MR) is 80.7 cm³/mol. The standard InChI is InChI=1S/C13H21ClN2O3S/c1-3-4-5-11(9-15)16-20(17,18)13-8-10(14)6-7-12(13)19-2/h6-8,11,16H,3-5,9,15H2,1-2H3. The van der Waals surface area contributed by atoms with Gasteiger partial charge in [-0.25, -0.2) is 13.1 Å². The smallest absolute Gasteiger partial charge is 0.244 e. The Balaban J connectivity index is 3.00. The molecule has 7 heteroatoms. The van der Waals surface area contributed by atoms with Crippen molar-refractivity contribution in [3.8, 4) is 5.75 Å². The number of rotatable bonds is 8. The Morgan fingerprint density at radius 3 is 2.70 bits per heavy atom. The van der Waals surface area contributed by atoms with Crippen molar-refractivity contribution in [2.45, 2.75) is 37.1 Å². The predicted octanol–water partition coefficient (Wildman–Crippen LogP) is 2.14. The second-order valence-corrected chi connectivity index (χ2v) is 6.61. The summed E-state index contributed by atoms with van der Waals surface area (Å²) >= 11 is 5.86. The van der Waals surface area contributed by atoms with E-state index in [0.717, 1.165) is 12.8 Å². The molecule has 1 aromatic rings. The molecule has 114 valence electrons. The molecule has 0 aromatic heterocycles. The lowest BCUT2D eigenvalue weighted by atomic mass is 10.1. The van der Waals surface area contributed by atoms with E-state index in [1.807, 2.05) is 6.92 Å². The Labute approximate surface area is 125 Å². The van der Waals surface area contributed by atoms with Crippen molar-refractivity contribution in [3.63, 3.8) is 0 Å². The molecule has 0 heterocycles. The summed E-state index contributed by atoms with van der Waals surface area (Å²) in [4.78, 5) is 0.0300. The average Bonchev–Trinajstić information content (AvgIpc) is 2.43. The van der Waals surface area contributed by atoms with Crippen LogP contribution in [0.25, 0.3) is 0 Å². The Hall–Kier alpha value is -0.820. The molecule has 0 saturated heterocycles. The number of unbranched alkanes of at least 4 members (excludes halogenated alkanes) is 1. The fourth-order valence-corrected chi connectivity index (χ4v) is 3.53. The first-order valence-corrected chi connectivity index (χ1v) is 8.36. The average molecular weight is 321 g/mol. The van der Waals surface area contributed by atoms with Gasteiger partial charge < -0.3 is 10.5 Å². The Morgan fingerprint density at radius 2 is 2.15 bits per heavy atom. The van der Waals surface area contributed by atoms with Crippen LogP contribution in [-0.2, 0) is 10.0 Å². The van der Waals surface area contributed by atoms with E-state index in [0.29, 0.717) is 11.4 Å². The highest BCUT2D eigenvalue weighted by molar-refractivity contribution is 7.89. The first-order valence-electron chi connectivity index (χ1n) is 6.50. The SMILES string of the molecule is CCCCC(CN)NS(=O)(=O)c1cc(Cl)ccc1OC. The van der Waals surface area contributed by atoms with Crippen LogP contribution in [0, 0.1) is 0 Å². The highest BCUT2D eigenvalue weighted by Crippen LogP contribution is 2.27. The van der Waals surface area contributed by atoms with Crippen LogP contribution in [0.4, 0.5) is 0 Å². The van der Waals surface area contributed by atoms with Gasteiger partial charge in [0, 0.05) is 17.6 Å². The summed E-state index contributed by atoms with van der Waals surface area (Å²) in [5, 5.41) is 0.337. The first kappa shape index (κ1) is 17.2. The van der Waals surface area contributed by atoms with Gasteiger partial charge >= 0.3 is 0 Å². The van der Waals surface area contributed by atoms with E-state index in [1.54, 1.807) is 6.07 Å². The maximum atomic E-state index is 12.4. The third kappa shape index (κ3) is 4.63. The van der Waals surface area contributed by atoms with Gasteiger partial charge in [0.15, 0.2) is 0 Å². The fraction of sp³-hybridized carbons (Fsp3) is 0.538. The molecule has 3 N–H and O–H groups in total. The van der Waals surface area contributed by atoms with Crippen molar-refractivity contribution >= 4 is 21.6 Å². The molecule has 0 saturated carbocycles. The summed E-state index contributed by atoms with van der Waals surface area (Å²) in [5.41, 5.74) is 5.62. The highest BCUT2D eigenvalue weighted by Gasteiger charge is 2.23. The van der Waals surface area contributed by atoms with E-state index < -0.39 is 10.0 Å². The van der Waals surface area contributed by atoms with Gasteiger partial charge in [-0.2, -0.15) is 0 Å². The topological polar surface area (TPSA) is 81.4 Å². The number of halogens is 1. The minimum absolute atomic E-state index is 0.0300. The summed E-state index contributed by atoms with van der Waals surface area (Å²) in [7, 11) is -2.29. The van der Waals surface area contributed by atoms with E-state index >= 15 is 0 Å². The molecule has 1 atom stereocenters. The lowest BCUT2D eigenvalue weighted by molar-refractivity contribution is 0.401. The van der Waals surface area contributed by atoms with Crippen LogP contribution >= 0.6 is 11.6 Å². The Bertz CT molecular complexity index is 534. The Kier molecular flexibility index (Phi) is 6.75. The van der Waals surface area contributed by atoms with Gasteiger partial charge in [-0.15, -0.1) is 0 Å². The third-order valence-corrected chi connectivity index (χ3v) is 4.70. The van der Waals surface area contributed by atoms with Crippen LogP contribution in [0.5, 0.6) is 5.75 Å². The normalized spacial score (nSPS) is 13.2. The number of hydrogen-bond donors (Lipinski definition) is 2. The van der Waals surface area contributed by atoms with Crippen LogP contribution in [0.3, 0.4) is 0 Å². The van der Waals surface area contributed by atoms with Crippen LogP contribution in [0.15, 0.2) is 23.1 Å². The Morgan fingerprint density at radius 1 is 1.45 bits per heavy atom. The van der Waals surface area contributed by atoms with Crippen LogP contribution < -0.4 is 15.2 Å².